The molecule has 1 amide bonds. The SMILES string of the molecule is CN(C)C(=O)CN(CCc1cccc(OCc2ccccc2)c1)C1CCOC1. The molecule has 2 aromatic carbocycles. The van der Waals surface area contributed by atoms with Crippen molar-refractivity contribution in [2.75, 3.05) is 40.4 Å². The lowest BCUT2D eigenvalue weighted by Gasteiger charge is -2.28. The van der Waals surface area contributed by atoms with E-state index in [2.05, 4.69) is 29.2 Å². The van der Waals surface area contributed by atoms with Crippen molar-refractivity contribution in [3.05, 3.63) is 65.7 Å². The van der Waals surface area contributed by atoms with Gasteiger partial charge in [-0.25, -0.2) is 0 Å². The van der Waals surface area contributed by atoms with E-state index < -0.39 is 0 Å². The third-order valence-corrected chi connectivity index (χ3v) is 5.09. The van der Waals surface area contributed by atoms with Crippen LogP contribution in [0, 0.1) is 0 Å². The summed E-state index contributed by atoms with van der Waals surface area (Å²) < 4.78 is 11.5. The minimum absolute atomic E-state index is 0.131. The largest absolute Gasteiger partial charge is 0.489 e. The predicted octanol–water partition coefficient (Wildman–Crippen LogP) is 2.99. The Bertz CT molecular complexity index is 743. The maximum absolute atomic E-state index is 12.2. The Hall–Kier alpha value is -2.37. The first kappa shape index (κ1) is 20.4. The van der Waals surface area contributed by atoms with E-state index in [-0.39, 0.29) is 5.91 Å². The Labute approximate surface area is 167 Å². The molecule has 3 rings (SSSR count). The van der Waals surface area contributed by atoms with Gasteiger partial charge in [0.2, 0.25) is 5.91 Å². The number of ether oxygens (including phenoxy) is 2. The van der Waals surface area contributed by atoms with Gasteiger partial charge in [-0.1, -0.05) is 42.5 Å². The number of carbonyl (C=O) groups is 1. The van der Waals surface area contributed by atoms with Gasteiger partial charge in [-0.3, -0.25) is 9.69 Å². The molecule has 0 N–H and O–H groups in total. The monoisotopic (exact) mass is 382 g/mol. The molecule has 0 bridgehead atoms. The standard InChI is InChI=1S/C23H30N2O3/c1-24(2)23(26)16-25(21-12-14-27-18-21)13-11-19-9-6-10-22(15-19)28-17-20-7-4-3-5-8-20/h3-10,15,21H,11-14,16-18H2,1-2H3. The van der Waals surface area contributed by atoms with E-state index >= 15 is 0 Å². The normalized spacial score (nSPS) is 16.3. The van der Waals surface area contributed by atoms with Crippen LogP contribution in [0.3, 0.4) is 0 Å². The van der Waals surface area contributed by atoms with Gasteiger partial charge in [0.15, 0.2) is 0 Å². The van der Waals surface area contributed by atoms with Crippen LogP contribution in [0.2, 0.25) is 0 Å². The molecule has 1 heterocycles. The summed E-state index contributed by atoms with van der Waals surface area (Å²) in [4.78, 5) is 16.1. The highest BCUT2D eigenvalue weighted by Gasteiger charge is 2.25. The molecule has 0 saturated carbocycles. The summed E-state index contributed by atoms with van der Waals surface area (Å²) in [5.41, 5.74) is 2.37. The molecule has 0 spiro atoms. The van der Waals surface area contributed by atoms with E-state index in [1.165, 1.54) is 5.56 Å². The second kappa shape index (κ2) is 10.2. The molecule has 0 aliphatic carbocycles. The van der Waals surface area contributed by atoms with Crippen molar-refractivity contribution >= 4 is 5.91 Å². The van der Waals surface area contributed by atoms with Gasteiger partial charge in [-0.15, -0.1) is 0 Å². The number of benzene rings is 2. The number of hydrogen-bond acceptors (Lipinski definition) is 4. The molecule has 0 radical (unpaired) electrons. The first-order valence-electron chi connectivity index (χ1n) is 9.89. The average Bonchev–Trinajstić information content (AvgIpc) is 3.25. The van der Waals surface area contributed by atoms with Crippen molar-refractivity contribution in [3.63, 3.8) is 0 Å². The van der Waals surface area contributed by atoms with Gasteiger partial charge in [-0.05, 0) is 36.1 Å². The number of hydrogen-bond donors (Lipinski definition) is 0. The molecule has 150 valence electrons. The number of rotatable bonds is 9. The molecule has 0 aromatic heterocycles. The Morgan fingerprint density at radius 3 is 2.61 bits per heavy atom. The Morgan fingerprint density at radius 1 is 1.11 bits per heavy atom. The summed E-state index contributed by atoms with van der Waals surface area (Å²) in [5.74, 6) is 1.01. The molecular formula is C23H30N2O3. The van der Waals surface area contributed by atoms with Crippen molar-refractivity contribution in [1.29, 1.82) is 0 Å². The number of likely N-dealkylation sites (N-methyl/N-ethyl adjacent to an activating group) is 1. The third kappa shape index (κ3) is 6.08. The van der Waals surface area contributed by atoms with Crippen molar-refractivity contribution in [2.24, 2.45) is 0 Å². The van der Waals surface area contributed by atoms with Gasteiger partial charge in [0.05, 0.1) is 13.2 Å². The first-order valence-corrected chi connectivity index (χ1v) is 9.89. The zero-order chi connectivity index (χ0) is 19.8. The second-order valence-electron chi connectivity index (χ2n) is 7.45. The van der Waals surface area contributed by atoms with E-state index in [4.69, 9.17) is 9.47 Å². The van der Waals surface area contributed by atoms with Gasteiger partial charge in [0.25, 0.3) is 0 Å². The lowest BCUT2D eigenvalue weighted by Crippen LogP contribution is -2.44. The predicted molar refractivity (Wildman–Crippen MR) is 110 cm³/mol. The van der Waals surface area contributed by atoms with Crippen molar-refractivity contribution in [2.45, 2.75) is 25.5 Å². The van der Waals surface area contributed by atoms with E-state index in [9.17, 15) is 4.79 Å². The lowest BCUT2D eigenvalue weighted by atomic mass is 10.1. The highest BCUT2D eigenvalue weighted by molar-refractivity contribution is 5.77. The first-order chi connectivity index (χ1) is 13.6. The smallest absolute Gasteiger partial charge is 0.236 e. The summed E-state index contributed by atoms with van der Waals surface area (Å²) >= 11 is 0. The maximum Gasteiger partial charge on any atom is 0.236 e. The van der Waals surface area contributed by atoms with E-state index in [1.807, 2.05) is 30.3 Å². The van der Waals surface area contributed by atoms with Crippen LogP contribution < -0.4 is 4.74 Å². The third-order valence-electron chi connectivity index (χ3n) is 5.09. The minimum Gasteiger partial charge on any atom is -0.489 e. The Kier molecular flexibility index (Phi) is 7.46. The molecule has 28 heavy (non-hydrogen) atoms. The topological polar surface area (TPSA) is 42.0 Å². The quantitative estimate of drug-likeness (QED) is 0.669. The van der Waals surface area contributed by atoms with E-state index in [0.717, 1.165) is 37.3 Å². The second-order valence-corrected chi connectivity index (χ2v) is 7.45. The van der Waals surface area contributed by atoms with Gasteiger partial charge in [0, 0.05) is 33.3 Å². The van der Waals surface area contributed by atoms with Crippen LogP contribution in [0.15, 0.2) is 54.6 Å². The Balaban J connectivity index is 1.57. The molecule has 1 atom stereocenters. The zero-order valence-corrected chi connectivity index (χ0v) is 16.8. The number of amides is 1. The summed E-state index contributed by atoms with van der Waals surface area (Å²) in [6, 6.07) is 18.7. The van der Waals surface area contributed by atoms with Crippen LogP contribution >= 0.6 is 0 Å². The van der Waals surface area contributed by atoms with Gasteiger partial charge in [-0.2, -0.15) is 0 Å². The Morgan fingerprint density at radius 2 is 1.89 bits per heavy atom. The molecule has 1 aliphatic rings. The van der Waals surface area contributed by atoms with Gasteiger partial charge in [0.1, 0.15) is 12.4 Å². The van der Waals surface area contributed by atoms with Crippen LogP contribution in [0.4, 0.5) is 0 Å². The molecule has 1 fully saturated rings. The van der Waals surface area contributed by atoms with Crippen molar-refractivity contribution < 1.29 is 14.3 Å². The molecule has 5 heteroatoms. The molecule has 2 aromatic rings. The summed E-state index contributed by atoms with van der Waals surface area (Å²) in [6.45, 7) is 3.31. The highest BCUT2D eigenvalue weighted by Crippen LogP contribution is 2.18. The van der Waals surface area contributed by atoms with Crippen molar-refractivity contribution in [1.82, 2.24) is 9.80 Å². The van der Waals surface area contributed by atoms with Crippen LogP contribution in [0.5, 0.6) is 5.75 Å². The molecule has 5 nitrogen and oxygen atoms in total. The summed E-state index contributed by atoms with van der Waals surface area (Å²) in [6.07, 6.45) is 1.86. The zero-order valence-electron chi connectivity index (χ0n) is 16.8. The van der Waals surface area contributed by atoms with Crippen LogP contribution in [-0.2, 0) is 22.6 Å². The molecule has 1 aliphatic heterocycles. The highest BCUT2D eigenvalue weighted by atomic mass is 16.5. The summed E-state index contributed by atoms with van der Waals surface area (Å²) in [5, 5.41) is 0. The van der Waals surface area contributed by atoms with Crippen LogP contribution in [0.25, 0.3) is 0 Å². The number of nitrogens with zero attached hydrogens (tertiary/aromatic N) is 2. The maximum atomic E-state index is 12.2. The minimum atomic E-state index is 0.131. The van der Waals surface area contributed by atoms with E-state index in [1.54, 1.807) is 19.0 Å². The molecule has 1 unspecified atom stereocenters. The summed E-state index contributed by atoms with van der Waals surface area (Å²) in [7, 11) is 3.61. The van der Waals surface area contributed by atoms with Crippen molar-refractivity contribution in [3.8, 4) is 5.75 Å². The fraction of sp³-hybridized carbons (Fsp3) is 0.435. The average molecular weight is 383 g/mol. The fourth-order valence-electron chi connectivity index (χ4n) is 3.32. The number of carbonyl (C=O) groups excluding carboxylic acids is 1. The molecule has 1 saturated heterocycles. The van der Waals surface area contributed by atoms with Crippen LogP contribution in [-0.4, -0.2) is 62.1 Å². The van der Waals surface area contributed by atoms with Gasteiger partial charge >= 0.3 is 0 Å². The van der Waals surface area contributed by atoms with Gasteiger partial charge < -0.3 is 14.4 Å². The molecular weight excluding hydrogens is 352 g/mol. The fourth-order valence-corrected chi connectivity index (χ4v) is 3.32. The van der Waals surface area contributed by atoms with E-state index in [0.29, 0.717) is 25.8 Å². The lowest BCUT2D eigenvalue weighted by molar-refractivity contribution is -0.130. The van der Waals surface area contributed by atoms with Crippen LogP contribution in [0.1, 0.15) is 17.5 Å².